The zero-order chi connectivity index (χ0) is 19.3. The fraction of sp³-hybridized carbons (Fsp3) is 0.385. The molecule has 23 heavy (non-hydrogen) atoms. The molecule has 2 atom stereocenters. The van der Waals surface area contributed by atoms with Gasteiger partial charge in [0.15, 0.2) is 0 Å². The van der Waals surface area contributed by atoms with E-state index in [9.17, 15) is 22.8 Å². The number of aromatic amines is 2. The average molecular weight is 331 g/mol. The predicted octanol–water partition coefficient (Wildman–Crippen LogP) is 1.19. The van der Waals surface area contributed by atoms with Crippen LogP contribution in [0.5, 0.6) is 5.88 Å². The third-order valence-electron chi connectivity index (χ3n) is 3.59. The Morgan fingerprint density at radius 1 is 1.39 bits per heavy atom. The topological polar surface area (TPSA) is 101 Å². The number of halogens is 3. The van der Waals surface area contributed by atoms with Crippen LogP contribution in [0.1, 0.15) is 22.0 Å². The van der Waals surface area contributed by atoms with Gasteiger partial charge in [-0.05, 0) is 12.5 Å². The minimum Gasteiger partial charge on any atom is -0.480 e. The van der Waals surface area contributed by atoms with Gasteiger partial charge in [0.05, 0.1) is 22.6 Å². The highest BCUT2D eigenvalue weighted by Crippen LogP contribution is 2.57. The monoisotopic (exact) mass is 331 g/mol. The second-order valence-electron chi connectivity index (χ2n) is 5.07. The molecular weight excluding hydrogens is 317 g/mol. The second-order valence-corrected chi connectivity index (χ2v) is 5.07. The summed E-state index contributed by atoms with van der Waals surface area (Å²) in [6, 6.07) is 1.12. The summed E-state index contributed by atoms with van der Waals surface area (Å²) in [4.78, 5) is 27.1. The van der Waals surface area contributed by atoms with E-state index in [4.69, 9.17) is 4.11 Å². The van der Waals surface area contributed by atoms with Crippen molar-refractivity contribution in [2.45, 2.75) is 18.5 Å². The van der Waals surface area contributed by atoms with Crippen LogP contribution in [-0.4, -0.2) is 33.4 Å². The fourth-order valence-corrected chi connectivity index (χ4v) is 2.37. The average Bonchev–Trinajstić information content (AvgIpc) is 3.27. The highest BCUT2D eigenvalue weighted by Gasteiger charge is 2.57. The summed E-state index contributed by atoms with van der Waals surface area (Å²) in [7, 11) is -2.93. The van der Waals surface area contributed by atoms with E-state index in [-0.39, 0.29) is 23.2 Å². The smallest absolute Gasteiger partial charge is 0.392 e. The molecule has 1 saturated carbocycles. The lowest BCUT2D eigenvalue weighted by Gasteiger charge is -2.09. The van der Waals surface area contributed by atoms with E-state index in [1.54, 1.807) is 0 Å². The number of hydrogen-bond donors (Lipinski definition) is 2. The Hall–Kier alpha value is -2.65. The van der Waals surface area contributed by atoms with Gasteiger partial charge >= 0.3 is 11.9 Å². The molecule has 0 aromatic carbocycles. The maximum Gasteiger partial charge on any atom is 0.392 e. The van der Waals surface area contributed by atoms with Crippen LogP contribution in [0.15, 0.2) is 21.9 Å². The molecule has 3 rings (SSSR count). The Morgan fingerprint density at radius 2 is 2.17 bits per heavy atom. The van der Waals surface area contributed by atoms with Crippen LogP contribution in [0, 0.1) is 5.92 Å². The van der Waals surface area contributed by atoms with E-state index in [0.717, 1.165) is 12.3 Å². The number of methoxy groups -OCH3 is 1. The molecule has 1 aliphatic carbocycles. The third-order valence-corrected chi connectivity index (χ3v) is 3.59. The number of aromatic nitrogens is 4. The maximum atomic E-state index is 12.9. The largest absolute Gasteiger partial charge is 0.480 e. The second kappa shape index (κ2) is 5.21. The van der Waals surface area contributed by atoms with Crippen molar-refractivity contribution >= 4 is 0 Å². The summed E-state index contributed by atoms with van der Waals surface area (Å²) in [6.07, 6.45) is -3.68. The zero-order valence-corrected chi connectivity index (χ0v) is 11.3. The van der Waals surface area contributed by atoms with Crippen LogP contribution in [0.2, 0.25) is 0 Å². The Labute approximate surface area is 130 Å². The first kappa shape index (κ1) is 11.9. The molecular formula is C13H11F3N4O3. The SMILES string of the molecule is [2H]C([2H])([2H])Oc1nnc(-c2c[nH]c(=O)[nH]c2=O)cc1C1CC1C(F)(F)F. The van der Waals surface area contributed by atoms with Gasteiger partial charge in [-0.3, -0.25) is 9.78 Å². The molecule has 2 N–H and O–H groups in total. The quantitative estimate of drug-likeness (QED) is 0.880. The first-order valence-corrected chi connectivity index (χ1v) is 6.41. The molecule has 1 aliphatic rings. The van der Waals surface area contributed by atoms with Crippen LogP contribution in [-0.2, 0) is 0 Å². The summed E-state index contributed by atoms with van der Waals surface area (Å²) >= 11 is 0. The molecule has 7 nitrogen and oxygen atoms in total. The van der Waals surface area contributed by atoms with Gasteiger partial charge in [0.2, 0.25) is 5.88 Å². The third kappa shape index (κ3) is 2.83. The molecule has 2 unspecified atom stereocenters. The van der Waals surface area contributed by atoms with Gasteiger partial charge in [-0.2, -0.15) is 13.2 Å². The summed E-state index contributed by atoms with van der Waals surface area (Å²) in [6.45, 7) is 0. The molecule has 0 aliphatic heterocycles. The molecule has 0 spiro atoms. The van der Waals surface area contributed by atoms with Crippen molar-refractivity contribution in [1.82, 2.24) is 20.2 Å². The highest BCUT2D eigenvalue weighted by molar-refractivity contribution is 5.58. The van der Waals surface area contributed by atoms with Crippen molar-refractivity contribution in [2.24, 2.45) is 5.92 Å². The number of nitrogens with one attached hydrogen (secondary N) is 2. The van der Waals surface area contributed by atoms with Crippen molar-refractivity contribution in [3.8, 4) is 17.1 Å². The maximum absolute atomic E-state index is 12.9. The van der Waals surface area contributed by atoms with E-state index in [0.29, 0.717) is 0 Å². The van der Waals surface area contributed by atoms with Gasteiger partial charge < -0.3 is 9.72 Å². The van der Waals surface area contributed by atoms with Crippen LogP contribution in [0.3, 0.4) is 0 Å². The van der Waals surface area contributed by atoms with E-state index in [2.05, 4.69) is 19.9 Å². The van der Waals surface area contributed by atoms with Gasteiger partial charge in [0, 0.05) is 17.7 Å². The van der Waals surface area contributed by atoms with Crippen molar-refractivity contribution in [1.29, 1.82) is 0 Å². The summed E-state index contributed by atoms with van der Waals surface area (Å²) in [5.41, 5.74) is -1.96. The highest BCUT2D eigenvalue weighted by atomic mass is 19.4. The molecule has 2 aromatic rings. The van der Waals surface area contributed by atoms with Crippen LogP contribution < -0.4 is 16.0 Å². The lowest BCUT2D eigenvalue weighted by atomic mass is 10.1. The van der Waals surface area contributed by atoms with Crippen molar-refractivity contribution in [2.75, 3.05) is 7.04 Å². The van der Waals surface area contributed by atoms with Gasteiger partial charge in [0.25, 0.3) is 5.56 Å². The Kier molecular flexibility index (Phi) is 2.69. The molecule has 0 bridgehead atoms. The van der Waals surface area contributed by atoms with E-state index >= 15 is 0 Å². The minimum atomic E-state index is -4.46. The minimum absolute atomic E-state index is 0.112. The number of alkyl halides is 3. The normalized spacial score (nSPS) is 22.8. The van der Waals surface area contributed by atoms with Gasteiger partial charge in [-0.25, -0.2) is 4.79 Å². The van der Waals surface area contributed by atoms with Gasteiger partial charge in [0.1, 0.15) is 5.69 Å². The molecule has 0 radical (unpaired) electrons. The summed E-state index contributed by atoms with van der Waals surface area (Å²) in [5.74, 6) is -3.26. The van der Waals surface area contributed by atoms with Crippen LogP contribution >= 0.6 is 0 Å². The molecule has 122 valence electrons. The number of hydrogen-bond acceptors (Lipinski definition) is 5. The zero-order valence-electron chi connectivity index (χ0n) is 14.3. The van der Waals surface area contributed by atoms with Crippen LogP contribution in [0.4, 0.5) is 13.2 Å². The number of H-pyrrole nitrogens is 2. The molecule has 0 saturated heterocycles. The van der Waals surface area contributed by atoms with Gasteiger partial charge in [-0.15, -0.1) is 10.2 Å². The van der Waals surface area contributed by atoms with E-state index in [1.807, 2.05) is 4.98 Å². The van der Waals surface area contributed by atoms with Crippen molar-refractivity contribution in [3.05, 3.63) is 38.7 Å². The lowest BCUT2D eigenvalue weighted by Crippen LogP contribution is -2.23. The molecule has 0 amide bonds. The molecule has 10 heteroatoms. The number of nitrogens with zero attached hydrogens (tertiary/aromatic N) is 2. The predicted molar refractivity (Wildman–Crippen MR) is 72.2 cm³/mol. The standard InChI is InChI=1S/C13H11F3N4O3/c1-23-11-6(5-2-8(5)13(14,15)16)3-9(19-20-11)7-4-17-12(22)18-10(7)21/h3-5,8H,2H2,1H3,(H2,17,18,21,22)/i1D3. The van der Waals surface area contributed by atoms with E-state index < -0.39 is 42.2 Å². The molecule has 2 heterocycles. The lowest BCUT2D eigenvalue weighted by molar-refractivity contribution is -0.148. The van der Waals surface area contributed by atoms with Gasteiger partial charge in [-0.1, -0.05) is 0 Å². The Balaban J connectivity index is 2.06. The molecule has 1 fully saturated rings. The summed E-state index contributed by atoms with van der Waals surface area (Å²) in [5, 5.41) is 7.17. The number of ether oxygens (including phenoxy) is 1. The fourth-order valence-electron chi connectivity index (χ4n) is 2.37. The Bertz CT molecular complexity index is 954. The first-order chi connectivity index (χ1) is 12.0. The van der Waals surface area contributed by atoms with Crippen molar-refractivity contribution in [3.63, 3.8) is 0 Å². The summed E-state index contributed by atoms with van der Waals surface area (Å²) < 4.78 is 64.6. The first-order valence-electron chi connectivity index (χ1n) is 7.91. The van der Waals surface area contributed by atoms with Crippen LogP contribution in [0.25, 0.3) is 11.3 Å². The van der Waals surface area contributed by atoms with E-state index in [1.165, 1.54) is 0 Å². The molecule has 2 aromatic heterocycles. The Morgan fingerprint density at radius 3 is 2.78 bits per heavy atom. The van der Waals surface area contributed by atoms with Crippen molar-refractivity contribution < 1.29 is 22.0 Å². The number of rotatable bonds is 3.